The molecule has 2 aliphatic rings. The molecule has 0 unspecified atom stereocenters. The number of anilines is 1. The number of nitrogens with two attached hydrogens (primary N) is 1. The van der Waals surface area contributed by atoms with Crippen molar-refractivity contribution in [1.82, 2.24) is 29.8 Å². The normalized spacial score (nSPS) is 20.9. The van der Waals surface area contributed by atoms with Gasteiger partial charge in [-0.1, -0.05) is 0 Å². The van der Waals surface area contributed by atoms with Crippen molar-refractivity contribution >= 4 is 17.2 Å². The van der Waals surface area contributed by atoms with E-state index in [2.05, 4.69) is 25.3 Å². The van der Waals surface area contributed by atoms with Crippen molar-refractivity contribution in [2.24, 2.45) is 0 Å². The molecule has 36 heavy (non-hydrogen) atoms. The van der Waals surface area contributed by atoms with Gasteiger partial charge in [0.1, 0.15) is 11.8 Å². The molecule has 1 saturated heterocycles. The van der Waals surface area contributed by atoms with Crippen LogP contribution in [-0.4, -0.2) is 89.1 Å². The average molecular weight is 496 g/mol. The number of nitrogens with one attached hydrogen (secondary N) is 1. The largest absolute Gasteiger partial charge is 0.481 e. The topological polar surface area (TPSA) is 129 Å². The van der Waals surface area contributed by atoms with E-state index in [4.69, 9.17) is 19.9 Å². The van der Waals surface area contributed by atoms with Crippen LogP contribution in [0.3, 0.4) is 0 Å². The van der Waals surface area contributed by atoms with Crippen LogP contribution in [0.4, 0.5) is 5.82 Å². The molecule has 11 heteroatoms. The maximum absolute atomic E-state index is 13.4. The first-order valence-electron chi connectivity index (χ1n) is 12.5. The van der Waals surface area contributed by atoms with Gasteiger partial charge >= 0.3 is 0 Å². The minimum Gasteiger partial charge on any atom is -0.481 e. The molecule has 3 N–H and O–H groups in total. The number of carbonyl (C=O) groups is 1. The van der Waals surface area contributed by atoms with E-state index >= 15 is 0 Å². The summed E-state index contributed by atoms with van der Waals surface area (Å²) in [6, 6.07) is 5.51. The summed E-state index contributed by atoms with van der Waals surface area (Å²) in [5.74, 6) is 0.539. The summed E-state index contributed by atoms with van der Waals surface area (Å²) in [7, 11) is 1.56. The van der Waals surface area contributed by atoms with Crippen LogP contribution in [0.15, 0.2) is 30.7 Å². The van der Waals surface area contributed by atoms with Gasteiger partial charge in [-0.25, -0.2) is 14.5 Å². The first-order chi connectivity index (χ1) is 17.6. The summed E-state index contributed by atoms with van der Waals surface area (Å²) in [4.78, 5) is 24.0. The molecule has 0 atom stereocenters. The molecule has 2 fully saturated rings. The highest BCUT2D eigenvalue weighted by Crippen LogP contribution is 2.29. The molecular weight excluding hydrogens is 462 g/mol. The molecule has 1 amide bonds. The van der Waals surface area contributed by atoms with Gasteiger partial charge in [-0.05, 0) is 37.8 Å². The van der Waals surface area contributed by atoms with E-state index < -0.39 is 0 Å². The van der Waals surface area contributed by atoms with E-state index in [1.54, 1.807) is 30.0 Å². The van der Waals surface area contributed by atoms with Crippen LogP contribution in [-0.2, 0) is 9.47 Å². The number of aromatic nitrogens is 4. The lowest BCUT2D eigenvalue weighted by atomic mass is 9.92. The van der Waals surface area contributed by atoms with Crippen LogP contribution in [0.5, 0.6) is 5.88 Å². The lowest BCUT2D eigenvalue weighted by molar-refractivity contribution is -0.0108. The minimum atomic E-state index is -0.182. The molecule has 3 aromatic heterocycles. The van der Waals surface area contributed by atoms with Crippen LogP contribution >= 0.6 is 0 Å². The number of fused-ring (bicyclic) bond motifs is 1. The fourth-order valence-electron chi connectivity index (χ4n) is 4.94. The molecule has 5 rings (SSSR count). The van der Waals surface area contributed by atoms with Crippen molar-refractivity contribution < 1.29 is 19.0 Å². The number of morpholine rings is 1. The molecule has 1 saturated carbocycles. The second kappa shape index (κ2) is 11.2. The van der Waals surface area contributed by atoms with Crippen molar-refractivity contribution in [3.63, 3.8) is 0 Å². The third-order valence-electron chi connectivity index (χ3n) is 6.94. The van der Waals surface area contributed by atoms with Crippen LogP contribution in [0.2, 0.25) is 0 Å². The SMILES string of the molecule is COc1cc(-c2cc(C(=O)N[C@H]3CC[C@H](OCCN4CCOCC4)CC3)c3c(N)ncnn23)ccn1. The molecule has 0 spiro atoms. The highest BCUT2D eigenvalue weighted by atomic mass is 16.5. The fourth-order valence-corrected chi connectivity index (χ4v) is 4.94. The Hall–Kier alpha value is -3.28. The van der Waals surface area contributed by atoms with Gasteiger partial charge in [-0.15, -0.1) is 0 Å². The van der Waals surface area contributed by atoms with Gasteiger partial charge in [0.05, 0.1) is 44.3 Å². The number of pyridine rings is 1. The second-order valence-corrected chi connectivity index (χ2v) is 9.21. The molecule has 0 bridgehead atoms. The Kier molecular flexibility index (Phi) is 7.59. The van der Waals surface area contributed by atoms with Crippen LogP contribution in [0, 0.1) is 0 Å². The van der Waals surface area contributed by atoms with Gasteiger partial charge in [0.2, 0.25) is 5.88 Å². The molecule has 11 nitrogen and oxygen atoms in total. The minimum absolute atomic E-state index is 0.0851. The number of ether oxygens (including phenoxy) is 3. The predicted octanol–water partition coefficient (Wildman–Crippen LogP) is 1.77. The average Bonchev–Trinajstić information content (AvgIpc) is 3.32. The highest BCUT2D eigenvalue weighted by molar-refractivity contribution is 6.05. The van der Waals surface area contributed by atoms with Crippen molar-refractivity contribution in [2.75, 3.05) is 52.3 Å². The van der Waals surface area contributed by atoms with Gasteiger partial charge in [0.15, 0.2) is 5.82 Å². The quantitative estimate of drug-likeness (QED) is 0.480. The molecular formula is C25H33N7O4. The maximum Gasteiger partial charge on any atom is 0.253 e. The van der Waals surface area contributed by atoms with E-state index in [9.17, 15) is 4.79 Å². The van der Waals surface area contributed by atoms with E-state index in [1.807, 2.05) is 6.07 Å². The van der Waals surface area contributed by atoms with E-state index in [-0.39, 0.29) is 23.9 Å². The summed E-state index contributed by atoms with van der Waals surface area (Å²) < 4.78 is 18.4. The van der Waals surface area contributed by atoms with Crippen molar-refractivity contribution in [3.05, 3.63) is 36.3 Å². The second-order valence-electron chi connectivity index (χ2n) is 9.21. The number of amides is 1. The van der Waals surface area contributed by atoms with Gasteiger partial charge < -0.3 is 25.3 Å². The summed E-state index contributed by atoms with van der Waals surface area (Å²) in [6.45, 7) is 5.23. The van der Waals surface area contributed by atoms with Crippen molar-refractivity contribution in [3.8, 4) is 17.1 Å². The zero-order valence-electron chi connectivity index (χ0n) is 20.6. The monoisotopic (exact) mass is 495 g/mol. The first kappa shape index (κ1) is 24.4. The molecule has 4 heterocycles. The Morgan fingerprint density at radius 3 is 2.78 bits per heavy atom. The molecule has 1 aliphatic heterocycles. The summed E-state index contributed by atoms with van der Waals surface area (Å²) in [6.07, 6.45) is 6.88. The fraction of sp³-hybridized carbons (Fsp3) is 0.520. The smallest absolute Gasteiger partial charge is 0.253 e. The van der Waals surface area contributed by atoms with Gasteiger partial charge in [-0.3, -0.25) is 9.69 Å². The zero-order chi connectivity index (χ0) is 24.9. The molecule has 3 aromatic rings. The number of nitrogen functional groups attached to an aromatic ring is 1. The van der Waals surface area contributed by atoms with E-state index in [1.165, 1.54) is 6.33 Å². The Morgan fingerprint density at radius 2 is 2.00 bits per heavy atom. The number of hydrogen-bond donors (Lipinski definition) is 2. The van der Waals surface area contributed by atoms with Crippen molar-refractivity contribution in [2.45, 2.75) is 37.8 Å². The number of methoxy groups -OCH3 is 1. The zero-order valence-corrected chi connectivity index (χ0v) is 20.6. The Labute approximate surface area is 209 Å². The standard InChI is InChI=1S/C25H33N7O4/c1-34-22-14-17(6-7-27-22)21-15-20(23-24(26)28-16-29-32(21)23)25(33)30-18-2-4-19(5-3-18)36-13-10-31-8-11-35-12-9-31/h6-7,14-16,18-19H,2-5,8-13H2,1H3,(H,30,33)(H2,26,28,29)/t18-,19-. The lowest BCUT2D eigenvalue weighted by Gasteiger charge is -2.31. The molecule has 192 valence electrons. The Bertz CT molecular complexity index is 1190. The van der Waals surface area contributed by atoms with E-state index in [0.717, 1.165) is 70.7 Å². The number of carbonyl (C=O) groups excluding carboxylic acids is 1. The third kappa shape index (κ3) is 5.43. The number of rotatable bonds is 8. The van der Waals surface area contributed by atoms with Crippen molar-refractivity contribution in [1.29, 1.82) is 0 Å². The predicted molar refractivity (Wildman–Crippen MR) is 134 cm³/mol. The van der Waals surface area contributed by atoms with Crippen LogP contribution < -0.4 is 15.8 Å². The summed E-state index contributed by atoms with van der Waals surface area (Å²) in [5.41, 5.74) is 8.63. The Balaban J connectivity index is 1.22. The Morgan fingerprint density at radius 1 is 1.19 bits per heavy atom. The van der Waals surface area contributed by atoms with Crippen LogP contribution in [0.25, 0.3) is 16.8 Å². The van der Waals surface area contributed by atoms with Gasteiger partial charge in [0, 0.05) is 43.5 Å². The summed E-state index contributed by atoms with van der Waals surface area (Å²) >= 11 is 0. The third-order valence-corrected chi connectivity index (χ3v) is 6.94. The number of hydrogen-bond acceptors (Lipinski definition) is 9. The van der Waals surface area contributed by atoms with Crippen LogP contribution in [0.1, 0.15) is 36.0 Å². The molecule has 0 radical (unpaired) electrons. The first-order valence-corrected chi connectivity index (χ1v) is 12.5. The van der Waals surface area contributed by atoms with Gasteiger partial charge in [0.25, 0.3) is 5.91 Å². The summed E-state index contributed by atoms with van der Waals surface area (Å²) in [5, 5.41) is 7.55. The number of nitrogens with zero attached hydrogens (tertiary/aromatic N) is 5. The lowest BCUT2D eigenvalue weighted by Crippen LogP contribution is -2.40. The highest BCUT2D eigenvalue weighted by Gasteiger charge is 2.26. The maximum atomic E-state index is 13.4. The molecule has 1 aliphatic carbocycles. The van der Waals surface area contributed by atoms with Gasteiger partial charge in [-0.2, -0.15) is 5.10 Å². The van der Waals surface area contributed by atoms with E-state index in [0.29, 0.717) is 22.7 Å². The molecule has 0 aromatic carbocycles.